The Hall–Kier alpha value is -0.650. The maximum atomic E-state index is 11.9. The third-order valence-corrected chi connectivity index (χ3v) is 2.79. The molecule has 1 aliphatic heterocycles. The van der Waals surface area contributed by atoms with Crippen LogP contribution in [0.15, 0.2) is 0 Å². The first-order valence-electron chi connectivity index (χ1n) is 6.24. The number of rotatable bonds is 7. The van der Waals surface area contributed by atoms with Gasteiger partial charge >= 0.3 is 5.97 Å². The van der Waals surface area contributed by atoms with Gasteiger partial charge in [0.15, 0.2) is 0 Å². The van der Waals surface area contributed by atoms with Gasteiger partial charge in [-0.25, -0.2) is 4.79 Å². The lowest BCUT2D eigenvalue weighted by atomic mass is 10.0. The molecular formula is C12H23NO4. The van der Waals surface area contributed by atoms with Gasteiger partial charge in [0, 0.05) is 6.61 Å². The number of hydrogen-bond acceptors (Lipinski definition) is 5. The first kappa shape index (κ1) is 14.4. The summed E-state index contributed by atoms with van der Waals surface area (Å²) in [5.74, 6) is -0.263. The zero-order valence-electron chi connectivity index (χ0n) is 11.0. The van der Waals surface area contributed by atoms with Crippen LogP contribution in [0.2, 0.25) is 0 Å². The number of esters is 1. The third-order valence-electron chi connectivity index (χ3n) is 2.79. The van der Waals surface area contributed by atoms with E-state index in [1.807, 2.05) is 13.8 Å². The van der Waals surface area contributed by atoms with Crippen LogP contribution in [0.25, 0.3) is 0 Å². The van der Waals surface area contributed by atoms with E-state index in [-0.39, 0.29) is 12.1 Å². The second-order valence-electron chi connectivity index (χ2n) is 4.38. The molecule has 0 aromatic carbocycles. The molecule has 2 atom stereocenters. The van der Waals surface area contributed by atoms with Crippen molar-refractivity contribution in [2.45, 2.75) is 38.8 Å². The quantitative estimate of drug-likeness (QED) is 0.670. The fourth-order valence-electron chi connectivity index (χ4n) is 1.79. The Labute approximate surface area is 103 Å². The summed E-state index contributed by atoms with van der Waals surface area (Å²) in [6.07, 6.45) is 0.993. The summed E-state index contributed by atoms with van der Waals surface area (Å²) >= 11 is 0. The number of hydrogen-bond donors (Lipinski definition) is 1. The van der Waals surface area contributed by atoms with Crippen LogP contribution in [0.5, 0.6) is 0 Å². The highest BCUT2D eigenvalue weighted by Gasteiger charge is 2.35. The first-order chi connectivity index (χ1) is 8.12. The monoisotopic (exact) mass is 245 g/mol. The van der Waals surface area contributed by atoms with Crippen LogP contribution in [0, 0.1) is 0 Å². The van der Waals surface area contributed by atoms with E-state index in [2.05, 4.69) is 5.32 Å². The lowest BCUT2D eigenvalue weighted by Gasteiger charge is -2.28. The lowest BCUT2D eigenvalue weighted by molar-refractivity contribution is -0.154. The van der Waals surface area contributed by atoms with Crippen LogP contribution in [0.4, 0.5) is 0 Å². The van der Waals surface area contributed by atoms with Gasteiger partial charge in [0.1, 0.15) is 5.54 Å². The van der Waals surface area contributed by atoms with Crippen molar-refractivity contribution in [3.8, 4) is 0 Å². The molecule has 0 aromatic heterocycles. The molecule has 17 heavy (non-hydrogen) atoms. The summed E-state index contributed by atoms with van der Waals surface area (Å²) in [5.41, 5.74) is -0.770. The van der Waals surface area contributed by atoms with E-state index >= 15 is 0 Å². The van der Waals surface area contributed by atoms with Crippen molar-refractivity contribution in [2.75, 3.05) is 33.0 Å². The van der Waals surface area contributed by atoms with Crippen molar-refractivity contribution in [2.24, 2.45) is 0 Å². The fraction of sp³-hybridized carbons (Fsp3) is 0.917. The molecule has 1 heterocycles. The minimum atomic E-state index is -0.770. The molecule has 1 aliphatic rings. The molecule has 1 rings (SSSR count). The second-order valence-corrected chi connectivity index (χ2v) is 4.38. The molecule has 1 N–H and O–H groups in total. The fourth-order valence-corrected chi connectivity index (χ4v) is 1.79. The number of ether oxygens (including phenoxy) is 3. The number of likely N-dealkylation sites (N-methyl/N-ethyl adjacent to an activating group) is 1. The Bertz CT molecular complexity index is 241. The molecule has 5 nitrogen and oxygen atoms in total. The van der Waals surface area contributed by atoms with Crippen molar-refractivity contribution in [1.29, 1.82) is 0 Å². The van der Waals surface area contributed by atoms with Crippen LogP contribution in [-0.2, 0) is 19.0 Å². The Morgan fingerprint density at radius 3 is 2.82 bits per heavy atom. The summed E-state index contributed by atoms with van der Waals surface area (Å²) in [6, 6.07) is 0. The minimum Gasteiger partial charge on any atom is -0.465 e. The van der Waals surface area contributed by atoms with Crippen molar-refractivity contribution >= 4 is 5.97 Å². The van der Waals surface area contributed by atoms with Crippen LogP contribution in [0.3, 0.4) is 0 Å². The Balaban J connectivity index is 2.47. The summed E-state index contributed by atoms with van der Waals surface area (Å²) in [5, 5.41) is 3.13. The van der Waals surface area contributed by atoms with E-state index in [1.54, 1.807) is 6.92 Å². The standard InChI is InChI=1S/C12H23NO4/c1-4-13-12(3,11(14)16-5-2)9-17-10-6-7-15-8-10/h10,13H,4-9H2,1-3H3. The molecule has 5 heteroatoms. The molecule has 0 saturated carbocycles. The number of nitrogens with one attached hydrogen (secondary N) is 1. The van der Waals surface area contributed by atoms with Gasteiger partial charge in [0.2, 0.25) is 0 Å². The highest BCUT2D eigenvalue weighted by Crippen LogP contribution is 2.13. The van der Waals surface area contributed by atoms with Crippen molar-refractivity contribution in [1.82, 2.24) is 5.32 Å². The Kier molecular flexibility index (Phi) is 5.88. The molecule has 0 aromatic rings. The predicted octanol–water partition coefficient (Wildman–Crippen LogP) is 0.723. The van der Waals surface area contributed by atoms with Gasteiger partial charge in [-0.15, -0.1) is 0 Å². The molecule has 0 bridgehead atoms. The summed E-state index contributed by atoms with van der Waals surface area (Å²) in [6.45, 7) is 8.31. The third kappa shape index (κ3) is 4.26. The highest BCUT2D eigenvalue weighted by molar-refractivity contribution is 5.80. The average Bonchev–Trinajstić information content (AvgIpc) is 2.80. The van der Waals surface area contributed by atoms with Crippen molar-refractivity contribution in [3.63, 3.8) is 0 Å². The molecule has 0 amide bonds. The van der Waals surface area contributed by atoms with E-state index in [0.29, 0.717) is 26.4 Å². The van der Waals surface area contributed by atoms with Gasteiger partial charge in [0.05, 0.1) is 25.9 Å². The Morgan fingerprint density at radius 2 is 2.29 bits per heavy atom. The second kappa shape index (κ2) is 6.93. The maximum Gasteiger partial charge on any atom is 0.328 e. The highest BCUT2D eigenvalue weighted by atomic mass is 16.6. The average molecular weight is 245 g/mol. The van der Waals surface area contributed by atoms with E-state index in [1.165, 1.54) is 0 Å². The molecule has 2 unspecified atom stereocenters. The van der Waals surface area contributed by atoms with Crippen molar-refractivity contribution in [3.05, 3.63) is 0 Å². The summed E-state index contributed by atoms with van der Waals surface area (Å²) in [4.78, 5) is 11.9. The first-order valence-corrected chi connectivity index (χ1v) is 6.24. The Morgan fingerprint density at radius 1 is 1.53 bits per heavy atom. The van der Waals surface area contributed by atoms with Gasteiger partial charge in [-0.3, -0.25) is 0 Å². The molecule has 1 fully saturated rings. The van der Waals surface area contributed by atoms with Gasteiger partial charge < -0.3 is 19.5 Å². The minimum absolute atomic E-state index is 0.0995. The molecule has 0 spiro atoms. The number of carbonyl (C=O) groups excluding carboxylic acids is 1. The molecule has 1 saturated heterocycles. The van der Waals surface area contributed by atoms with Crippen molar-refractivity contribution < 1.29 is 19.0 Å². The topological polar surface area (TPSA) is 56.8 Å². The normalized spacial score (nSPS) is 23.4. The predicted molar refractivity (Wildman–Crippen MR) is 63.9 cm³/mol. The van der Waals surface area contributed by atoms with Crippen LogP contribution in [-0.4, -0.2) is 50.6 Å². The summed E-state index contributed by atoms with van der Waals surface area (Å²) < 4.78 is 16.0. The molecule has 0 radical (unpaired) electrons. The summed E-state index contributed by atoms with van der Waals surface area (Å²) in [7, 11) is 0. The molecule has 0 aliphatic carbocycles. The van der Waals surface area contributed by atoms with E-state index in [0.717, 1.165) is 13.0 Å². The molecule has 100 valence electrons. The van der Waals surface area contributed by atoms with Crippen LogP contribution in [0.1, 0.15) is 27.2 Å². The van der Waals surface area contributed by atoms with E-state index in [4.69, 9.17) is 14.2 Å². The van der Waals surface area contributed by atoms with Gasteiger partial charge in [-0.1, -0.05) is 6.92 Å². The van der Waals surface area contributed by atoms with Gasteiger partial charge in [0.25, 0.3) is 0 Å². The zero-order chi connectivity index (χ0) is 12.7. The molecular weight excluding hydrogens is 222 g/mol. The smallest absolute Gasteiger partial charge is 0.328 e. The van der Waals surface area contributed by atoms with Crippen LogP contribution >= 0.6 is 0 Å². The zero-order valence-corrected chi connectivity index (χ0v) is 11.0. The largest absolute Gasteiger partial charge is 0.465 e. The van der Waals surface area contributed by atoms with Gasteiger partial charge in [-0.2, -0.15) is 0 Å². The SMILES string of the molecule is CCNC(C)(COC1CCOC1)C(=O)OCC. The van der Waals surface area contributed by atoms with Crippen LogP contribution < -0.4 is 5.32 Å². The number of carbonyl (C=O) groups is 1. The lowest BCUT2D eigenvalue weighted by Crippen LogP contribution is -2.54. The van der Waals surface area contributed by atoms with E-state index < -0.39 is 5.54 Å². The maximum absolute atomic E-state index is 11.9. The van der Waals surface area contributed by atoms with Gasteiger partial charge in [-0.05, 0) is 26.8 Å². The van der Waals surface area contributed by atoms with E-state index in [9.17, 15) is 4.79 Å².